The van der Waals surface area contributed by atoms with Gasteiger partial charge in [0.1, 0.15) is 0 Å². The Balaban J connectivity index is 1.45. The van der Waals surface area contributed by atoms with E-state index in [1.54, 1.807) is 0 Å². The van der Waals surface area contributed by atoms with Gasteiger partial charge < -0.3 is 20.8 Å². The molecule has 1 amide bonds. The summed E-state index contributed by atoms with van der Waals surface area (Å²) in [5.74, 6) is 0.261. The fourth-order valence-corrected chi connectivity index (χ4v) is 5.22. The van der Waals surface area contributed by atoms with Gasteiger partial charge in [0.25, 0.3) is 0 Å². The summed E-state index contributed by atoms with van der Waals surface area (Å²) in [7, 11) is 0. The van der Waals surface area contributed by atoms with Gasteiger partial charge in [0.2, 0.25) is 5.91 Å². The van der Waals surface area contributed by atoms with Gasteiger partial charge in [-0.2, -0.15) is 0 Å². The average molecular weight is 310 g/mol. The summed E-state index contributed by atoms with van der Waals surface area (Å²) in [5.41, 5.74) is -0.591. The maximum Gasteiger partial charge on any atom is 0.303 e. The Morgan fingerprint density at radius 3 is 2.41 bits per heavy atom. The Morgan fingerprint density at radius 2 is 1.82 bits per heavy atom. The highest BCUT2D eigenvalue weighted by atomic mass is 16.4. The van der Waals surface area contributed by atoms with E-state index in [-0.39, 0.29) is 24.4 Å². The van der Waals surface area contributed by atoms with E-state index < -0.39 is 11.6 Å². The van der Waals surface area contributed by atoms with Crippen LogP contribution in [0.4, 0.5) is 0 Å². The molecule has 0 aromatic heterocycles. The number of amides is 1. The number of carbonyl (C=O) groups is 2. The van der Waals surface area contributed by atoms with Gasteiger partial charge in [0.15, 0.2) is 0 Å². The van der Waals surface area contributed by atoms with E-state index in [9.17, 15) is 14.7 Å². The third-order valence-electron chi connectivity index (χ3n) is 5.54. The number of carboxylic acids is 1. The monoisotopic (exact) mass is 310 g/mol. The Kier molecular flexibility index (Phi) is 4.16. The van der Waals surface area contributed by atoms with E-state index in [0.29, 0.717) is 24.8 Å². The molecule has 4 aliphatic rings. The summed E-state index contributed by atoms with van der Waals surface area (Å²) in [6.07, 6.45) is 6.51. The number of carbonyl (C=O) groups excluding carboxylic acids is 1. The third kappa shape index (κ3) is 3.43. The first-order valence-corrected chi connectivity index (χ1v) is 8.34. The minimum Gasteiger partial charge on any atom is -0.481 e. The second-order valence-corrected chi connectivity index (χ2v) is 7.67. The van der Waals surface area contributed by atoms with Crippen LogP contribution >= 0.6 is 0 Å². The summed E-state index contributed by atoms with van der Waals surface area (Å²) in [4.78, 5) is 22.3. The molecule has 4 bridgehead atoms. The lowest BCUT2D eigenvalue weighted by molar-refractivity contribution is -0.144. The van der Waals surface area contributed by atoms with Crippen molar-refractivity contribution in [3.63, 3.8) is 0 Å². The third-order valence-corrected chi connectivity index (χ3v) is 5.54. The number of hydrogen-bond donors (Lipinski definition) is 4. The first kappa shape index (κ1) is 15.7. The normalized spacial score (nSPS) is 39.0. The predicted molar refractivity (Wildman–Crippen MR) is 80.2 cm³/mol. The van der Waals surface area contributed by atoms with Crippen molar-refractivity contribution in [3.8, 4) is 0 Å². The van der Waals surface area contributed by atoms with Gasteiger partial charge in [-0.25, -0.2) is 0 Å². The molecule has 2 atom stereocenters. The SMILES string of the molecule is O=C(O)CCCNC(=O)CNC12CC3CC(CC(O)(C3)C1)C2. The Hall–Kier alpha value is -1.14. The van der Waals surface area contributed by atoms with Crippen LogP contribution in [0.2, 0.25) is 0 Å². The van der Waals surface area contributed by atoms with Crippen LogP contribution < -0.4 is 10.6 Å². The fourth-order valence-electron chi connectivity index (χ4n) is 5.22. The first-order chi connectivity index (χ1) is 10.4. The molecule has 4 aliphatic carbocycles. The second kappa shape index (κ2) is 5.81. The van der Waals surface area contributed by atoms with Gasteiger partial charge in [0, 0.05) is 18.5 Å². The quantitative estimate of drug-likeness (QED) is 0.517. The second-order valence-electron chi connectivity index (χ2n) is 7.67. The van der Waals surface area contributed by atoms with E-state index in [4.69, 9.17) is 5.11 Å². The van der Waals surface area contributed by atoms with E-state index in [1.165, 1.54) is 6.42 Å². The van der Waals surface area contributed by atoms with Crippen molar-refractivity contribution < 1.29 is 19.8 Å². The molecule has 124 valence electrons. The van der Waals surface area contributed by atoms with Crippen molar-refractivity contribution in [2.45, 2.75) is 62.5 Å². The molecule has 4 N–H and O–H groups in total. The minimum atomic E-state index is -0.839. The zero-order valence-corrected chi connectivity index (χ0v) is 12.9. The summed E-state index contributed by atoms with van der Waals surface area (Å²) in [6, 6.07) is 0. The Bertz CT molecular complexity index is 451. The molecule has 22 heavy (non-hydrogen) atoms. The molecular weight excluding hydrogens is 284 g/mol. The Morgan fingerprint density at radius 1 is 1.14 bits per heavy atom. The van der Waals surface area contributed by atoms with Crippen LogP contribution in [0.1, 0.15) is 51.4 Å². The molecule has 2 unspecified atom stereocenters. The lowest BCUT2D eigenvalue weighted by Crippen LogP contribution is -2.65. The van der Waals surface area contributed by atoms with Crippen LogP contribution in [0.25, 0.3) is 0 Å². The fraction of sp³-hybridized carbons (Fsp3) is 0.875. The molecule has 0 aromatic rings. The summed E-state index contributed by atoms with van der Waals surface area (Å²) in [6.45, 7) is 0.650. The average Bonchev–Trinajstić information content (AvgIpc) is 2.38. The molecule has 4 saturated carbocycles. The molecule has 0 radical (unpaired) electrons. The lowest BCUT2D eigenvalue weighted by Gasteiger charge is -2.60. The highest BCUT2D eigenvalue weighted by Crippen LogP contribution is 2.57. The van der Waals surface area contributed by atoms with Crippen LogP contribution in [0, 0.1) is 11.8 Å². The van der Waals surface area contributed by atoms with Crippen molar-refractivity contribution in [2.75, 3.05) is 13.1 Å². The van der Waals surface area contributed by atoms with E-state index in [2.05, 4.69) is 10.6 Å². The van der Waals surface area contributed by atoms with E-state index in [0.717, 1.165) is 32.1 Å². The molecule has 0 heterocycles. The van der Waals surface area contributed by atoms with Crippen LogP contribution in [0.15, 0.2) is 0 Å². The van der Waals surface area contributed by atoms with Gasteiger partial charge in [0.05, 0.1) is 12.1 Å². The van der Waals surface area contributed by atoms with Crippen LogP contribution in [-0.4, -0.2) is 46.3 Å². The van der Waals surface area contributed by atoms with E-state index in [1.807, 2.05) is 0 Å². The molecule has 4 fully saturated rings. The topological polar surface area (TPSA) is 98.7 Å². The van der Waals surface area contributed by atoms with Gasteiger partial charge in [-0.05, 0) is 56.8 Å². The zero-order chi connectivity index (χ0) is 15.8. The minimum absolute atomic E-state index is 0.0722. The standard InChI is InChI=1S/C16H26N2O4/c19-13(17-3-1-2-14(20)21)9-18-15-5-11-4-12(6-15)8-16(22,7-11)10-15/h11-12,18,22H,1-10H2,(H,17,19)(H,20,21). The largest absolute Gasteiger partial charge is 0.481 e. The van der Waals surface area contributed by atoms with Crippen molar-refractivity contribution >= 4 is 11.9 Å². The number of aliphatic carboxylic acids is 1. The van der Waals surface area contributed by atoms with Crippen LogP contribution in [-0.2, 0) is 9.59 Å². The number of nitrogens with one attached hydrogen (secondary N) is 2. The molecule has 0 saturated heterocycles. The lowest BCUT2D eigenvalue weighted by atomic mass is 9.51. The molecule has 0 aliphatic heterocycles. The molecule has 0 aromatic carbocycles. The molecule has 6 nitrogen and oxygen atoms in total. The van der Waals surface area contributed by atoms with Gasteiger partial charge in [-0.15, -0.1) is 0 Å². The number of hydrogen-bond acceptors (Lipinski definition) is 4. The highest BCUT2D eigenvalue weighted by molar-refractivity contribution is 5.78. The van der Waals surface area contributed by atoms with Crippen LogP contribution in [0.5, 0.6) is 0 Å². The van der Waals surface area contributed by atoms with Crippen molar-refractivity contribution in [2.24, 2.45) is 11.8 Å². The van der Waals surface area contributed by atoms with Gasteiger partial charge >= 0.3 is 5.97 Å². The van der Waals surface area contributed by atoms with Crippen molar-refractivity contribution in [1.29, 1.82) is 0 Å². The maximum atomic E-state index is 11.9. The van der Waals surface area contributed by atoms with Crippen molar-refractivity contribution in [1.82, 2.24) is 10.6 Å². The molecular formula is C16H26N2O4. The Labute approximate surface area is 130 Å². The predicted octanol–water partition coefficient (Wildman–Crippen LogP) is 0.641. The molecule has 0 spiro atoms. The maximum absolute atomic E-state index is 11.9. The zero-order valence-electron chi connectivity index (χ0n) is 12.9. The first-order valence-electron chi connectivity index (χ1n) is 8.34. The van der Waals surface area contributed by atoms with Crippen molar-refractivity contribution in [3.05, 3.63) is 0 Å². The van der Waals surface area contributed by atoms with Crippen LogP contribution in [0.3, 0.4) is 0 Å². The number of rotatable bonds is 7. The van der Waals surface area contributed by atoms with Gasteiger partial charge in [-0.3, -0.25) is 9.59 Å². The number of aliphatic hydroxyl groups is 1. The van der Waals surface area contributed by atoms with Gasteiger partial charge in [-0.1, -0.05) is 0 Å². The molecule has 6 heteroatoms. The summed E-state index contributed by atoms with van der Waals surface area (Å²) < 4.78 is 0. The smallest absolute Gasteiger partial charge is 0.303 e. The summed E-state index contributed by atoms with van der Waals surface area (Å²) >= 11 is 0. The summed E-state index contributed by atoms with van der Waals surface area (Å²) in [5, 5.41) is 25.4. The number of carboxylic acid groups (broad SMARTS) is 1. The molecule has 4 rings (SSSR count). The van der Waals surface area contributed by atoms with E-state index >= 15 is 0 Å². The highest BCUT2D eigenvalue weighted by Gasteiger charge is 2.56.